The van der Waals surface area contributed by atoms with Gasteiger partial charge in [-0.3, -0.25) is 4.90 Å². The van der Waals surface area contributed by atoms with Crippen molar-refractivity contribution in [3.8, 4) is 0 Å². The van der Waals surface area contributed by atoms with Crippen LogP contribution in [0.3, 0.4) is 0 Å². The highest BCUT2D eigenvalue weighted by Crippen LogP contribution is 2.51. The fourth-order valence-electron chi connectivity index (χ4n) is 5.04. The Morgan fingerprint density at radius 3 is 2.57 bits per heavy atom. The van der Waals surface area contributed by atoms with Crippen LogP contribution in [-0.4, -0.2) is 49.3 Å². The summed E-state index contributed by atoms with van der Waals surface area (Å²) >= 11 is 0. The summed E-state index contributed by atoms with van der Waals surface area (Å²) < 4.78 is 6.03. The molecule has 0 aromatic rings. The van der Waals surface area contributed by atoms with Crippen LogP contribution in [0.1, 0.15) is 53.4 Å². The van der Waals surface area contributed by atoms with Gasteiger partial charge in [0.15, 0.2) is 0 Å². The van der Waals surface area contributed by atoms with Crippen molar-refractivity contribution in [2.75, 3.05) is 26.2 Å². The summed E-state index contributed by atoms with van der Waals surface area (Å²) in [5.41, 5.74) is 0.303. The molecular weight excluding hydrogens is 260 g/mol. The van der Waals surface area contributed by atoms with E-state index in [2.05, 4.69) is 37.9 Å². The van der Waals surface area contributed by atoms with Crippen LogP contribution in [0.15, 0.2) is 0 Å². The molecule has 0 radical (unpaired) electrons. The molecule has 1 aliphatic carbocycles. The summed E-state index contributed by atoms with van der Waals surface area (Å²) in [6.07, 6.45) is 5.86. The van der Waals surface area contributed by atoms with Gasteiger partial charge in [-0.2, -0.15) is 0 Å². The van der Waals surface area contributed by atoms with Crippen LogP contribution in [0.2, 0.25) is 0 Å². The summed E-state index contributed by atoms with van der Waals surface area (Å²) in [4.78, 5) is 2.71. The third kappa shape index (κ3) is 2.89. The van der Waals surface area contributed by atoms with E-state index < -0.39 is 0 Å². The smallest absolute Gasteiger partial charge is 0.0684 e. The Balaban J connectivity index is 1.57. The molecule has 2 aliphatic heterocycles. The lowest BCUT2D eigenvalue weighted by molar-refractivity contribution is -0.193. The second-order valence-corrected chi connectivity index (χ2v) is 8.36. The van der Waals surface area contributed by atoms with Gasteiger partial charge in [0.05, 0.1) is 6.10 Å². The summed E-state index contributed by atoms with van der Waals surface area (Å²) in [5, 5.41) is 3.95. The Kier molecular flexibility index (Phi) is 4.63. The van der Waals surface area contributed by atoms with Crippen molar-refractivity contribution in [1.82, 2.24) is 10.2 Å². The molecule has 122 valence electrons. The van der Waals surface area contributed by atoms with Crippen molar-refractivity contribution in [3.05, 3.63) is 0 Å². The predicted molar refractivity (Wildman–Crippen MR) is 87.5 cm³/mol. The Morgan fingerprint density at radius 2 is 1.90 bits per heavy atom. The molecule has 0 aromatic carbocycles. The number of rotatable bonds is 5. The SMILES string of the molecule is CC(C)C(CNC1C2CCCOC2C1(C)C)N1CCCC1. The van der Waals surface area contributed by atoms with Gasteiger partial charge in [-0.15, -0.1) is 0 Å². The second kappa shape index (κ2) is 6.17. The third-order valence-electron chi connectivity index (χ3n) is 6.26. The number of likely N-dealkylation sites (tertiary alicyclic amines) is 1. The molecular formula is C18H34N2O. The van der Waals surface area contributed by atoms with E-state index in [1.165, 1.54) is 38.8 Å². The average Bonchev–Trinajstić information content (AvgIpc) is 2.96. The minimum absolute atomic E-state index is 0.303. The van der Waals surface area contributed by atoms with Crippen molar-refractivity contribution in [2.45, 2.75) is 71.6 Å². The van der Waals surface area contributed by atoms with Crippen LogP contribution in [0.4, 0.5) is 0 Å². The first-order valence-electron chi connectivity index (χ1n) is 9.11. The molecule has 4 atom stereocenters. The fourth-order valence-corrected chi connectivity index (χ4v) is 5.04. The zero-order valence-electron chi connectivity index (χ0n) is 14.4. The van der Waals surface area contributed by atoms with Crippen LogP contribution >= 0.6 is 0 Å². The van der Waals surface area contributed by atoms with Gasteiger partial charge < -0.3 is 10.1 Å². The molecule has 3 fully saturated rings. The predicted octanol–water partition coefficient (Wildman–Crippen LogP) is 2.90. The highest BCUT2D eigenvalue weighted by Gasteiger charge is 2.57. The van der Waals surface area contributed by atoms with Crippen molar-refractivity contribution >= 4 is 0 Å². The molecule has 0 amide bonds. The Labute approximate surface area is 130 Å². The maximum Gasteiger partial charge on any atom is 0.0684 e. The Morgan fingerprint density at radius 1 is 1.19 bits per heavy atom. The van der Waals surface area contributed by atoms with Crippen LogP contribution < -0.4 is 5.32 Å². The van der Waals surface area contributed by atoms with Crippen LogP contribution in [0.5, 0.6) is 0 Å². The zero-order valence-corrected chi connectivity index (χ0v) is 14.4. The van der Waals surface area contributed by atoms with E-state index in [1.54, 1.807) is 0 Å². The Bertz CT molecular complexity index is 349. The minimum Gasteiger partial charge on any atom is -0.377 e. The van der Waals surface area contributed by atoms with Crippen molar-refractivity contribution < 1.29 is 4.74 Å². The molecule has 0 aromatic heterocycles. The first-order chi connectivity index (χ1) is 10.0. The van der Waals surface area contributed by atoms with Gasteiger partial charge in [0.25, 0.3) is 0 Å². The molecule has 3 heteroatoms. The maximum atomic E-state index is 6.03. The lowest BCUT2D eigenvalue weighted by Gasteiger charge is -2.60. The molecule has 2 saturated heterocycles. The van der Waals surface area contributed by atoms with E-state index in [1.807, 2.05) is 0 Å². The van der Waals surface area contributed by atoms with Gasteiger partial charge in [0.1, 0.15) is 0 Å². The Hall–Kier alpha value is -0.120. The second-order valence-electron chi connectivity index (χ2n) is 8.36. The molecule has 1 N–H and O–H groups in total. The van der Waals surface area contributed by atoms with Crippen molar-refractivity contribution in [3.63, 3.8) is 0 Å². The third-order valence-corrected chi connectivity index (χ3v) is 6.26. The van der Waals surface area contributed by atoms with E-state index in [9.17, 15) is 0 Å². The fraction of sp³-hybridized carbons (Fsp3) is 1.00. The summed E-state index contributed by atoms with van der Waals surface area (Å²) in [6.45, 7) is 14.2. The standard InChI is InChI=1S/C18H34N2O/c1-13(2)15(20-9-5-6-10-20)12-19-16-14-8-7-11-21-17(14)18(16,3)4/h13-17,19H,5-12H2,1-4H3. The van der Waals surface area contributed by atoms with Gasteiger partial charge in [0.2, 0.25) is 0 Å². The molecule has 3 nitrogen and oxygen atoms in total. The van der Waals surface area contributed by atoms with E-state index in [0.29, 0.717) is 23.6 Å². The monoisotopic (exact) mass is 294 g/mol. The molecule has 0 spiro atoms. The number of ether oxygens (including phenoxy) is 1. The van der Waals surface area contributed by atoms with Crippen LogP contribution in [-0.2, 0) is 4.74 Å². The van der Waals surface area contributed by atoms with Crippen LogP contribution in [0, 0.1) is 17.3 Å². The molecule has 2 heterocycles. The normalized spacial score (nSPS) is 37.3. The maximum absolute atomic E-state index is 6.03. The van der Waals surface area contributed by atoms with Crippen molar-refractivity contribution in [2.24, 2.45) is 17.3 Å². The van der Waals surface area contributed by atoms with Gasteiger partial charge in [-0.25, -0.2) is 0 Å². The van der Waals surface area contributed by atoms with Gasteiger partial charge in [0, 0.05) is 36.6 Å². The van der Waals surface area contributed by atoms with E-state index >= 15 is 0 Å². The van der Waals surface area contributed by atoms with Gasteiger partial charge in [-0.05, 0) is 44.7 Å². The number of fused-ring (bicyclic) bond motifs is 1. The van der Waals surface area contributed by atoms with E-state index in [4.69, 9.17) is 4.74 Å². The lowest BCUT2D eigenvalue weighted by Crippen LogP contribution is -2.70. The average molecular weight is 294 g/mol. The molecule has 4 unspecified atom stereocenters. The minimum atomic E-state index is 0.303. The number of nitrogens with one attached hydrogen (secondary N) is 1. The lowest BCUT2D eigenvalue weighted by atomic mass is 9.55. The molecule has 1 saturated carbocycles. The number of hydrogen-bond acceptors (Lipinski definition) is 3. The quantitative estimate of drug-likeness (QED) is 0.844. The first kappa shape index (κ1) is 15.8. The van der Waals surface area contributed by atoms with Gasteiger partial charge in [-0.1, -0.05) is 27.7 Å². The highest BCUT2D eigenvalue weighted by molar-refractivity contribution is 5.10. The van der Waals surface area contributed by atoms with E-state index in [-0.39, 0.29) is 0 Å². The largest absolute Gasteiger partial charge is 0.377 e. The number of hydrogen-bond donors (Lipinski definition) is 1. The zero-order chi connectivity index (χ0) is 15.0. The topological polar surface area (TPSA) is 24.5 Å². The summed E-state index contributed by atoms with van der Waals surface area (Å²) in [5.74, 6) is 1.48. The van der Waals surface area contributed by atoms with Crippen LogP contribution in [0.25, 0.3) is 0 Å². The van der Waals surface area contributed by atoms with E-state index in [0.717, 1.165) is 25.0 Å². The molecule has 3 aliphatic rings. The molecule has 21 heavy (non-hydrogen) atoms. The van der Waals surface area contributed by atoms with Gasteiger partial charge >= 0.3 is 0 Å². The highest BCUT2D eigenvalue weighted by atomic mass is 16.5. The molecule has 3 rings (SSSR count). The number of nitrogens with zero attached hydrogens (tertiary/aromatic N) is 1. The van der Waals surface area contributed by atoms with Crippen molar-refractivity contribution in [1.29, 1.82) is 0 Å². The first-order valence-corrected chi connectivity index (χ1v) is 9.11. The summed E-state index contributed by atoms with van der Waals surface area (Å²) in [7, 11) is 0. The molecule has 0 bridgehead atoms. The summed E-state index contributed by atoms with van der Waals surface area (Å²) in [6, 6.07) is 1.35.